The van der Waals surface area contributed by atoms with E-state index >= 15 is 0 Å². The summed E-state index contributed by atoms with van der Waals surface area (Å²) < 4.78 is 27.2. The van der Waals surface area contributed by atoms with Crippen LogP contribution in [0.5, 0.6) is 5.75 Å². The third-order valence-corrected chi connectivity index (χ3v) is 8.02. The van der Waals surface area contributed by atoms with Crippen molar-refractivity contribution in [3.63, 3.8) is 0 Å². The zero-order valence-corrected chi connectivity index (χ0v) is 18.3. The Labute approximate surface area is 181 Å². The molecule has 158 valence electrons. The molecule has 4 rings (SSSR count). The van der Waals surface area contributed by atoms with Crippen LogP contribution in [-0.2, 0) is 16.6 Å². The summed E-state index contributed by atoms with van der Waals surface area (Å²) >= 11 is 6.38. The highest BCUT2D eigenvalue weighted by Crippen LogP contribution is 2.34. The van der Waals surface area contributed by atoms with Gasteiger partial charge in [0.1, 0.15) is 11.3 Å². The summed E-state index contributed by atoms with van der Waals surface area (Å²) in [7, 11) is -1.85. The van der Waals surface area contributed by atoms with Gasteiger partial charge in [0.15, 0.2) is 0 Å². The van der Waals surface area contributed by atoms with E-state index in [1.165, 1.54) is 4.31 Å². The molecule has 0 atom stereocenters. The van der Waals surface area contributed by atoms with Gasteiger partial charge in [-0.3, -0.25) is 9.88 Å². The van der Waals surface area contributed by atoms with E-state index in [0.717, 1.165) is 36.9 Å². The Kier molecular flexibility index (Phi) is 5.97. The molecule has 1 aromatic heterocycles. The second-order valence-corrected chi connectivity index (χ2v) is 10.0. The highest BCUT2D eigenvalue weighted by molar-refractivity contribution is 7.89. The number of rotatable bonds is 5. The zero-order chi connectivity index (χ0) is 21.3. The van der Waals surface area contributed by atoms with Crippen LogP contribution in [0.25, 0.3) is 10.9 Å². The maximum Gasteiger partial charge on any atom is 0.243 e. The molecule has 1 aliphatic rings. The lowest BCUT2D eigenvalue weighted by Crippen LogP contribution is -2.45. The Morgan fingerprint density at radius 3 is 2.57 bits per heavy atom. The topological polar surface area (TPSA) is 73.7 Å². The molecule has 1 saturated heterocycles. The number of phenolic OH excluding ortho intramolecular Hbond substituents is 1. The number of halogens is 1. The lowest BCUT2D eigenvalue weighted by atomic mass is 10.0. The van der Waals surface area contributed by atoms with Crippen LogP contribution >= 0.6 is 11.6 Å². The Morgan fingerprint density at radius 1 is 1.17 bits per heavy atom. The second-order valence-electron chi connectivity index (χ2n) is 7.61. The van der Waals surface area contributed by atoms with Crippen molar-refractivity contribution in [3.8, 4) is 5.75 Å². The Morgan fingerprint density at radius 2 is 1.87 bits per heavy atom. The largest absolute Gasteiger partial charge is 0.505 e. The molecule has 6 nitrogen and oxygen atoms in total. The molecule has 1 fully saturated rings. The van der Waals surface area contributed by atoms with Crippen LogP contribution in [-0.4, -0.2) is 53.9 Å². The van der Waals surface area contributed by atoms with Gasteiger partial charge in [-0.25, -0.2) is 8.42 Å². The SMILES string of the molecule is CN(C1CCN(Cc2cc(Cl)c3cccnc3c2O)CC1)S(=O)(=O)c1ccccc1. The van der Waals surface area contributed by atoms with E-state index in [1.54, 1.807) is 49.6 Å². The first-order valence-corrected chi connectivity index (χ1v) is 11.7. The van der Waals surface area contributed by atoms with E-state index in [4.69, 9.17) is 11.6 Å². The van der Waals surface area contributed by atoms with Gasteiger partial charge in [-0.05, 0) is 43.2 Å². The maximum atomic E-state index is 12.9. The Balaban J connectivity index is 1.44. The highest BCUT2D eigenvalue weighted by atomic mass is 35.5. The molecular weight excluding hydrogens is 422 g/mol. The number of hydrogen-bond acceptors (Lipinski definition) is 5. The van der Waals surface area contributed by atoms with E-state index < -0.39 is 10.0 Å². The van der Waals surface area contributed by atoms with Gasteiger partial charge in [0.25, 0.3) is 0 Å². The number of aromatic hydroxyl groups is 1. The molecular formula is C22H24ClN3O3S. The average molecular weight is 446 g/mol. The first-order chi connectivity index (χ1) is 14.4. The van der Waals surface area contributed by atoms with Crippen molar-refractivity contribution in [2.45, 2.75) is 30.3 Å². The zero-order valence-electron chi connectivity index (χ0n) is 16.7. The quantitative estimate of drug-likeness (QED) is 0.645. The minimum absolute atomic E-state index is 0.0538. The number of phenols is 1. The number of piperidine rings is 1. The smallest absolute Gasteiger partial charge is 0.243 e. The lowest BCUT2D eigenvalue weighted by molar-refractivity contribution is 0.163. The summed E-state index contributed by atoms with van der Waals surface area (Å²) in [6, 6.07) is 13.9. The van der Waals surface area contributed by atoms with E-state index in [2.05, 4.69) is 9.88 Å². The van der Waals surface area contributed by atoms with Crippen molar-refractivity contribution in [3.05, 3.63) is 65.3 Å². The minimum Gasteiger partial charge on any atom is -0.505 e. The predicted octanol–water partition coefficient (Wildman–Crippen LogP) is 3.88. The predicted molar refractivity (Wildman–Crippen MR) is 118 cm³/mol. The highest BCUT2D eigenvalue weighted by Gasteiger charge is 2.31. The van der Waals surface area contributed by atoms with Gasteiger partial charge in [-0.1, -0.05) is 29.8 Å². The summed E-state index contributed by atoms with van der Waals surface area (Å²) in [5, 5.41) is 11.9. The van der Waals surface area contributed by atoms with Crippen LogP contribution in [0.3, 0.4) is 0 Å². The van der Waals surface area contributed by atoms with E-state index in [9.17, 15) is 13.5 Å². The summed E-state index contributed by atoms with van der Waals surface area (Å²) in [5.74, 6) is 0.154. The Hall–Kier alpha value is -2.19. The van der Waals surface area contributed by atoms with E-state index in [1.807, 2.05) is 12.1 Å². The number of pyridine rings is 1. The van der Waals surface area contributed by atoms with Crippen molar-refractivity contribution < 1.29 is 13.5 Å². The van der Waals surface area contributed by atoms with Crippen molar-refractivity contribution in [2.75, 3.05) is 20.1 Å². The number of hydrogen-bond donors (Lipinski definition) is 1. The normalized spacial score (nSPS) is 16.4. The molecule has 0 amide bonds. The maximum absolute atomic E-state index is 12.9. The van der Waals surface area contributed by atoms with Crippen molar-refractivity contribution in [1.82, 2.24) is 14.2 Å². The van der Waals surface area contributed by atoms with Crippen LogP contribution in [0.15, 0.2) is 59.6 Å². The number of benzene rings is 2. The van der Waals surface area contributed by atoms with Crippen molar-refractivity contribution in [2.24, 2.45) is 0 Å². The standard InChI is InChI=1S/C22H24ClN3O3S/c1-25(30(28,29)18-6-3-2-4-7-18)17-9-12-26(13-10-17)15-16-14-20(23)19-8-5-11-24-21(19)22(16)27/h2-8,11,14,17,27H,9-10,12-13,15H2,1H3. The van der Waals surface area contributed by atoms with Crippen LogP contribution < -0.4 is 0 Å². The molecule has 0 spiro atoms. The number of fused-ring (bicyclic) bond motifs is 1. The van der Waals surface area contributed by atoms with Crippen LogP contribution in [0, 0.1) is 0 Å². The third kappa shape index (κ3) is 4.03. The van der Waals surface area contributed by atoms with Gasteiger partial charge < -0.3 is 5.11 Å². The van der Waals surface area contributed by atoms with Crippen LogP contribution in [0.1, 0.15) is 18.4 Å². The molecule has 0 aliphatic carbocycles. The third-order valence-electron chi connectivity index (χ3n) is 5.78. The summed E-state index contributed by atoms with van der Waals surface area (Å²) in [6.45, 7) is 2.01. The van der Waals surface area contributed by atoms with Gasteiger partial charge in [-0.15, -0.1) is 0 Å². The molecule has 30 heavy (non-hydrogen) atoms. The van der Waals surface area contributed by atoms with Gasteiger partial charge in [-0.2, -0.15) is 4.31 Å². The van der Waals surface area contributed by atoms with Gasteiger partial charge in [0, 0.05) is 49.9 Å². The average Bonchev–Trinajstić information content (AvgIpc) is 2.78. The molecule has 0 radical (unpaired) electrons. The van der Waals surface area contributed by atoms with Crippen molar-refractivity contribution in [1.29, 1.82) is 0 Å². The van der Waals surface area contributed by atoms with Crippen LogP contribution in [0.2, 0.25) is 5.02 Å². The molecule has 8 heteroatoms. The first-order valence-electron chi connectivity index (χ1n) is 9.88. The fraction of sp³-hybridized carbons (Fsp3) is 0.318. The number of sulfonamides is 1. The number of nitrogens with zero attached hydrogens (tertiary/aromatic N) is 3. The fourth-order valence-corrected chi connectivity index (χ4v) is 5.72. The van der Waals surface area contributed by atoms with Gasteiger partial charge in [0.05, 0.1) is 9.92 Å². The molecule has 1 N–H and O–H groups in total. The molecule has 0 unspecified atom stereocenters. The molecule has 1 aliphatic heterocycles. The molecule has 2 aromatic carbocycles. The monoisotopic (exact) mass is 445 g/mol. The summed E-state index contributed by atoms with van der Waals surface area (Å²) in [5.41, 5.74) is 1.23. The first kappa shape index (κ1) is 21.1. The molecule has 0 bridgehead atoms. The summed E-state index contributed by atoms with van der Waals surface area (Å²) in [4.78, 5) is 6.79. The molecule has 0 saturated carbocycles. The van der Waals surface area contributed by atoms with Gasteiger partial charge >= 0.3 is 0 Å². The number of aromatic nitrogens is 1. The van der Waals surface area contributed by atoms with Crippen molar-refractivity contribution >= 4 is 32.5 Å². The fourth-order valence-electron chi connectivity index (χ4n) is 4.00. The molecule has 3 aromatic rings. The molecule has 2 heterocycles. The van der Waals surface area contributed by atoms with E-state index in [0.29, 0.717) is 22.0 Å². The number of likely N-dealkylation sites (tertiary alicyclic amines) is 1. The van der Waals surface area contributed by atoms with Gasteiger partial charge in [0.2, 0.25) is 10.0 Å². The Bertz CT molecular complexity index is 1150. The van der Waals surface area contributed by atoms with Crippen LogP contribution in [0.4, 0.5) is 0 Å². The lowest BCUT2D eigenvalue weighted by Gasteiger charge is -2.36. The second kappa shape index (κ2) is 8.51. The summed E-state index contributed by atoms with van der Waals surface area (Å²) in [6.07, 6.45) is 3.09. The minimum atomic E-state index is -3.50. The van der Waals surface area contributed by atoms with E-state index in [-0.39, 0.29) is 11.8 Å².